The zero-order chi connectivity index (χ0) is 14.5. The molecule has 2 heteroatoms. The lowest BCUT2D eigenvalue weighted by atomic mass is 9.97. The first-order valence-electron chi connectivity index (χ1n) is 6.98. The molecule has 2 aromatic carbocycles. The predicted molar refractivity (Wildman–Crippen MR) is 84.0 cm³/mol. The fourth-order valence-electron chi connectivity index (χ4n) is 2.33. The van der Waals surface area contributed by atoms with Gasteiger partial charge in [-0.05, 0) is 37.0 Å². The van der Waals surface area contributed by atoms with Crippen LogP contribution in [0.5, 0.6) is 0 Å². The van der Waals surface area contributed by atoms with E-state index in [4.69, 9.17) is 0 Å². The van der Waals surface area contributed by atoms with E-state index in [0.29, 0.717) is 6.42 Å². The fourth-order valence-corrected chi connectivity index (χ4v) is 2.33. The minimum Gasteiger partial charge on any atom is -0.326 e. The van der Waals surface area contributed by atoms with Gasteiger partial charge in [-0.3, -0.25) is 4.79 Å². The summed E-state index contributed by atoms with van der Waals surface area (Å²) < 4.78 is 0. The van der Waals surface area contributed by atoms with Crippen LogP contribution in [0.1, 0.15) is 36.0 Å². The summed E-state index contributed by atoms with van der Waals surface area (Å²) in [5, 5.41) is 3.00. The van der Waals surface area contributed by atoms with E-state index in [1.54, 1.807) is 0 Å². The van der Waals surface area contributed by atoms with Gasteiger partial charge in [0, 0.05) is 12.1 Å². The van der Waals surface area contributed by atoms with E-state index in [9.17, 15) is 4.79 Å². The van der Waals surface area contributed by atoms with Gasteiger partial charge in [-0.2, -0.15) is 0 Å². The van der Waals surface area contributed by atoms with Crippen LogP contribution in [0.25, 0.3) is 0 Å². The second-order valence-corrected chi connectivity index (χ2v) is 5.38. The molecule has 0 radical (unpaired) electrons. The molecule has 0 saturated heterocycles. The molecule has 1 amide bonds. The van der Waals surface area contributed by atoms with Crippen LogP contribution in [0.15, 0.2) is 48.5 Å². The zero-order valence-corrected chi connectivity index (χ0v) is 12.3. The number of carbonyl (C=O) groups is 1. The van der Waals surface area contributed by atoms with E-state index in [2.05, 4.69) is 37.4 Å². The summed E-state index contributed by atoms with van der Waals surface area (Å²) in [6.45, 7) is 6.15. The van der Waals surface area contributed by atoms with Crippen molar-refractivity contribution in [3.05, 3.63) is 65.2 Å². The molecule has 0 aliphatic heterocycles. The van der Waals surface area contributed by atoms with Crippen LogP contribution < -0.4 is 5.32 Å². The molecule has 0 spiro atoms. The average molecular weight is 267 g/mol. The van der Waals surface area contributed by atoms with Crippen LogP contribution in [-0.2, 0) is 4.79 Å². The van der Waals surface area contributed by atoms with Gasteiger partial charge in [0.25, 0.3) is 0 Å². The van der Waals surface area contributed by atoms with Crippen molar-refractivity contribution in [2.75, 3.05) is 5.32 Å². The highest BCUT2D eigenvalue weighted by molar-refractivity contribution is 5.92. The highest BCUT2D eigenvalue weighted by atomic mass is 16.1. The van der Waals surface area contributed by atoms with Gasteiger partial charge in [-0.1, -0.05) is 55.0 Å². The van der Waals surface area contributed by atoms with Gasteiger partial charge in [-0.25, -0.2) is 0 Å². The summed E-state index contributed by atoms with van der Waals surface area (Å²) in [4.78, 5) is 12.1. The zero-order valence-electron chi connectivity index (χ0n) is 12.3. The van der Waals surface area contributed by atoms with Gasteiger partial charge >= 0.3 is 0 Å². The monoisotopic (exact) mass is 267 g/mol. The molecular weight excluding hydrogens is 246 g/mol. The molecule has 0 heterocycles. The second kappa shape index (κ2) is 6.38. The van der Waals surface area contributed by atoms with Crippen molar-refractivity contribution in [1.82, 2.24) is 0 Å². The first kappa shape index (κ1) is 14.3. The summed E-state index contributed by atoms with van der Waals surface area (Å²) in [6.07, 6.45) is 0.497. The maximum Gasteiger partial charge on any atom is 0.224 e. The van der Waals surface area contributed by atoms with Crippen LogP contribution in [-0.4, -0.2) is 5.91 Å². The van der Waals surface area contributed by atoms with Crippen LogP contribution in [0.3, 0.4) is 0 Å². The Kier molecular flexibility index (Phi) is 4.57. The standard InChI is InChI=1S/C18H21NO/c1-13-9-10-17(15(3)11-13)19-18(20)12-14(2)16-7-5-4-6-8-16/h4-11,14H,12H2,1-3H3,(H,19,20)/t14-/m1/s1. The number of hydrogen-bond acceptors (Lipinski definition) is 1. The molecule has 0 unspecified atom stereocenters. The molecule has 0 aliphatic carbocycles. The van der Waals surface area contributed by atoms with Gasteiger partial charge in [0.05, 0.1) is 0 Å². The number of nitrogens with one attached hydrogen (secondary N) is 1. The summed E-state index contributed by atoms with van der Waals surface area (Å²) in [6, 6.07) is 16.2. The van der Waals surface area contributed by atoms with E-state index in [1.807, 2.05) is 37.3 Å². The molecule has 1 N–H and O–H groups in total. The van der Waals surface area contributed by atoms with Crippen molar-refractivity contribution < 1.29 is 4.79 Å². The Morgan fingerprint density at radius 2 is 1.80 bits per heavy atom. The SMILES string of the molecule is Cc1ccc(NC(=O)C[C@@H](C)c2ccccc2)c(C)c1. The molecule has 2 aromatic rings. The van der Waals surface area contributed by atoms with E-state index in [1.165, 1.54) is 11.1 Å². The number of benzene rings is 2. The summed E-state index contributed by atoms with van der Waals surface area (Å²) in [5.41, 5.74) is 4.41. The average Bonchev–Trinajstić information content (AvgIpc) is 2.43. The highest BCUT2D eigenvalue weighted by Crippen LogP contribution is 2.21. The third kappa shape index (κ3) is 3.70. The summed E-state index contributed by atoms with van der Waals surface area (Å²) in [5.74, 6) is 0.287. The Balaban J connectivity index is 1.99. The fraction of sp³-hybridized carbons (Fsp3) is 0.278. The van der Waals surface area contributed by atoms with Crippen molar-refractivity contribution in [3.63, 3.8) is 0 Å². The normalized spacial score (nSPS) is 11.9. The molecule has 0 fully saturated rings. The van der Waals surface area contributed by atoms with Crippen molar-refractivity contribution in [2.45, 2.75) is 33.1 Å². The van der Waals surface area contributed by atoms with Gasteiger partial charge < -0.3 is 5.32 Å². The molecule has 2 nitrogen and oxygen atoms in total. The Labute approximate surface area is 120 Å². The third-order valence-corrected chi connectivity index (χ3v) is 3.52. The molecule has 0 aromatic heterocycles. The second-order valence-electron chi connectivity index (χ2n) is 5.38. The van der Waals surface area contributed by atoms with Crippen LogP contribution in [0.2, 0.25) is 0 Å². The molecule has 104 valence electrons. The van der Waals surface area contributed by atoms with Crippen molar-refractivity contribution in [2.24, 2.45) is 0 Å². The Hall–Kier alpha value is -2.09. The van der Waals surface area contributed by atoms with Crippen molar-refractivity contribution in [1.29, 1.82) is 0 Å². The van der Waals surface area contributed by atoms with E-state index in [0.717, 1.165) is 11.3 Å². The number of hydrogen-bond donors (Lipinski definition) is 1. The minimum atomic E-state index is 0.0632. The Bertz CT molecular complexity index is 590. The van der Waals surface area contributed by atoms with Gasteiger partial charge in [0.1, 0.15) is 0 Å². The summed E-state index contributed by atoms with van der Waals surface area (Å²) in [7, 11) is 0. The maximum absolute atomic E-state index is 12.1. The topological polar surface area (TPSA) is 29.1 Å². The van der Waals surface area contributed by atoms with Crippen LogP contribution >= 0.6 is 0 Å². The van der Waals surface area contributed by atoms with Gasteiger partial charge in [-0.15, -0.1) is 0 Å². The molecule has 20 heavy (non-hydrogen) atoms. The first-order chi connectivity index (χ1) is 9.56. The van der Waals surface area contributed by atoms with Crippen molar-refractivity contribution >= 4 is 11.6 Å². The number of aryl methyl sites for hydroxylation is 2. The largest absolute Gasteiger partial charge is 0.326 e. The lowest BCUT2D eigenvalue weighted by Crippen LogP contribution is -2.15. The van der Waals surface area contributed by atoms with Crippen LogP contribution in [0.4, 0.5) is 5.69 Å². The number of amides is 1. The smallest absolute Gasteiger partial charge is 0.224 e. The van der Waals surface area contributed by atoms with E-state index in [-0.39, 0.29) is 11.8 Å². The van der Waals surface area contributed by atoms with Gasteiger partial charge in [0.2, 0.25) is 5.91 Å². The first-order valence-corrected chi connectivity index (χ1v) is 6.98. The quantitative estimate of drug-likeness (QED) is 0.872. The number of rotatable bonds is 4. The number of anilines is 1. The molecule has 2 rings (SSSR count). The number of carbonyl (C=O) groups excluding carboxylic acids is 1. The lowest BCUT2D eigenvalue weighted by Gasteiger charge is -2.13. The summed E-state index contributed by atoms with van der Waals surface area (Å²) >= 11 is 0. The Morgan fingerprint density at radius 1 is 1.10 bits per heavy atom. The van der Waals surface area contributed by atoms with Crippen LogP contribution in [0, 0.1) is 13.8 Å². The molecular formula is C18H21NO. The predicted octanol–water partition coefficient (Wildman–Crippen LogP) is 4.44. The Morgan fingerprint density at radius 3 is 2.45 bits per heavy atom. The third-order valence-electron chi connectivity index (χ3n) is 3.52. The lowest BCUT2D eigenvalue weighted by molar-refractivity contribution is -0.116. The molecule has 0 bridgehead atoms. The molecule has 0 saturated carbocycles. The van der Waals surface area contributed by atoms with Gasteiger partial charge in [0.15, 0.2) is 0 Å². The molecule has 0 aliphatic rings. The molecule has 1 atom stereocenters. The van der Waals surface area contributed by atoms with E-state index >= 15 is 0 Å². The minimum absolute atomic E-state index is 0.0632. The van der Waals surface area contributed by atoms with E-state index < -0.39 is 0 Å². The maximum atomic E-state index is 12.1. The highest BCUT2D eigenvalue weighted by Gasteiger charge is 2.11. The van der Waals surface area contributed by atoms with Crippen molar-refractivity contribution in [3.8, 4) is 0 Å².